The van der Waals surface area contributed by atoms with Crippen LogP contribution in [-0.4, -0.2) is 17.6 Å². The quantitative estimate of drug-likeness (QED) is 0.416. The van der Waals surface area contributed by atoms with Crippen molar-refractivity contribution in [1.82, 2.24) is 0 Å². The molecule has 0 heterocycles. The molecule has 6 heavy (non-hydrogen) atoms. The minimum absolute atomic E-state index is 0.794. The van der Waals surface area contributed by atoms with Crippen molar-refractivity contribution in [1.29, 1.82) is 0 Å². The monoisotopic (exact) mass is 117 g/mol. The van der Waals surface area contributed by atoms with E-state index in [-0.39, 0.29) is 0 Å². The zero-order valence-electron chi connectivity index (χ0n) is 4.19. The first-order valence-corrected chi connectivity index (χ1v) is 7.89. The van der Waals surface area contributed by atoms with Crippen molar-refractivity contribution in [3.8, 4) is 0 Å². The normalized spacial score (nSPS) is 19.7. The number of hydrogen-bond acceptors (Lipinski definition) is 0. The van der Waals surface area contributed by atoms with Crippen LogP contribution in [0.4, 0.5) is 0 Å². The van der Waals surface area contributed by atoms with Gasteiger partial charge in [0.05, 0.1) is 0 Å². The maximum Gasteiger partial charge on any atom is 0.232 e. The van der Waals surface area contributed by atoms with Crippen molar-refractivity contribution in [3.05, 3.63) is 12.3 Å². The summed E-state index contributed by atoms with van der Waals surface area (Å²) in [6.07, 6.45) is 0. The second-order valence-corrected chi connectivity index (χ2v) is 11.4. The molecule has 0 aromatic rings. The Morgan fingerprint density at radius 3 is 2.17 bits per heavy atom. The van der Waals surface area contributed by atoms with Crippen molar-refractivity contribution in [2.24, 2.45) is 0 Å². The fraction of sp³-hybridized carbons (Fsp3) is 0.333. The third-order valence-corrected chi connectivity index (χ3v) is 2.70. The van der Waals surface area contributed by atoms with Crippen molar-refractivity contribution in [3.63, 3.8) is 0 Å². The van der Waals surface area contributed by atoms with Crippen molar-refractivity contribution in [2.75, 3.05) is 0 Å². The summed E-state index contributed by atoms with van der Waals surface area (Å²) in [5, 5.41) is 0. The van der Waals surface area contributed by atoms with Crippen LogP contribution in [0.25, 0.3) is 0 Å². The average Bonchev–Trinajstić information content (AvgIpc) is 1.35. The molecule has 1 nitrogen and oxygen atoms in total. The summed E-state index contributed by atoms with van der Waals surface area (Å²) < 4.78 is 0. The first-order valence-electron chi connectivity index (χ1n) is 1.90. The summed E-state index contributed by atoms with van der Waals surface area (Å²) in [6, 6.07) is 0. The van der Waals surface area contributed by atoms with Crippen LogP contribution in [0, 0.1) is 0 Å². The van der Waals surface area contributed by atoms with E-state index in [1.807, 2.05) is 0 Å². The highest BCUT2D eigenvalue weighted by molar-refractivity contribution is 7.14. The van der Waals surface area contributed by atoms with Crippen LogP contribution in [0.3, 0.4) is 0 Å². The average molecular weight is 117 g/mol. The highest BCUT2D eigenvalue weighted by atomic mass is 29.2. The van der Waals surface area contributed by atoms with Gasteiger partial charge in [0.1, 0.15) is 0 Å². The lowest BCUT2D eigenvalue weighted by atomic mass is 11.3. The molecule has 0 saturated carbocycles. The second-order valence-electron chi connectivity index (χ2n) is 1.81. The maximum atomic E-state index is 10.6. The fourth-order valence-electron chi connectivity index (χ4n) is 0. The Balaban J connectivity index is 3.45. The Kier molecular flexibility index (Phi) is 1.76. The minimum Gasteiger partial charge on any atom is -0.297 e. The molecule has 0 aliphatic carbocycles. The molecule has 0 rings (SSSR count). The van der Waals surface area contributed by atoms with Gasteiger partial charge in [-0.2, -0.15) is 0 Å². The summed E-state index contributed by atoms with van der Waals surface area (Å²) in [5.74, 6) is 0. The minimum atomic E-state index is -1.98. The van der Waals surface area contributed by atoms with Gasteiger partial charge >= 0.3 is 0 Å². The van der Waals surface area contributed by atoms with Crippen LogP contribution in [0.1, 0.15) is 0 Å². The molecule has 0 aromatic heterocycles. The number of rotatable bonds is 1. The van der Waals surface area contributed by atoms with E-state index in [2.05, 4.69) is 6.58 Å². The zero-order chi connectivity index (χ0) is 5.21. The Morgan fingerprint density at radius 2 is 2.17 bits per heavy atom. The van der Waals surface area contributed by atoms with Crippen LogP contribution in [0.15, 0.2) is 12.3 Å². The summed E-state index contributed by atoms with van der Waals surface area (Å²) >= 11 is 0. The molecule has 0 aliphatic rings. The molecule has 1 atom stereocenters. The van der Waals surface area contributed by atoms with Gasteiger partial charge in [-0.1, -0.05) is 5.70 Å². The van der Waals surface area contributed by atoms with Crippen LogP contribution in [0.5, 0.6) is 0 Å². The molecular formula is C3H9OSi2. The topological polar surface area (TPSA) is 19.9 Å². The van der Waals surface area contributed by atoms with Gasteiger partial charge in [-0.15, -0.1) is 6.58 Å². The Bertz CT molecular complexity index is 54.3. The van der Waals surface area contributed by atoms with E-state index in [9.17, 15) is 4.80 Å². The molecule has 0 aliphatic heterocycles. The molecule has 35 valence electrons. The van der Waals surface area contributed by atoms with Gasteiger partial charge in [-0.25, -0.2) is 0 Å². The van der Waals surface area contributed by atoms with E-state index in [1.165, 1.54) is 0 Å². The molecule has 0 amide bonds. The van der Waals surface area contributed by atoms with E-state index in [0.717, 1.165) is 9.76 Å². The van der Waals surface area contributed by atoms with Crippen molar-refractivity contribution < 1.29 is 4.80 Å². The van der Waals surface area contributed by atoms with Gasteiger partial charge < -0.3 is 0 Å². The Labute approximate surface area is 42.0 Å². The van der Waals surface area contributed by atoms with E-state index in [4.69, 9.17) is 0 Å². The van der Waals surface area contributed by atoms with E-state index < -0.39 is 7.83 Å². The largest absolute Gasteiger partial charge is 0.297 e. The standard InChI is InChI=1S/C3H9OSi2/c1-3-6(2,4)5/h3H,1H2,2,5H3. The Morgan fingerprint density at radius 1 is 2.00 bits per heavy atom. The summed E-state index contributed by atoms with van der Waals surface area (Å²) in [5.41, 5.74) is 1.58. The molecule has 1 unspecified atom stereocenters. The van der Waals surface area contributed by atoms with Crippen LogP contribution < -0.4 is 0 Å². The van der Waals surface area contributed by atoms with Crippen LogP contribution >= 0.6 is 0 Å². The molecule has 0 fully saturated rings. The lowest BCUT2D eigenvalue weighted by molar-refractivity contribution is 0.455. The SMILES string of the molecule is C=C[Si](C)([O])[SiH3]. The molecular weight excluding hydrogens is 108 g/mol. The predicted octanol–water partition coefficient (Wildman–Crippen LogP) is -0.421. The van der Waals surface area contributed by atoms with Crippen LogP contribution in [-0.2, 0) is 4.80 Å². The molecule has 0 N–H and O–H groups in total. The first kappa shape index (κ1) is 6.13. The second kappa shape index (κ2) is 1.72. The lowest BCUT2D eigenvalue weighted by Crippen LogP contribution is -2.25. The smallest absolute Gasteiger partial charge is 0.232 e. The van der Waals surface area contributed by atoms with Crippen molar-refractivity contribution in [2.45, 2.75) is 6.55 Å². The molecule has 0 aromatic carbocycles. The lowest BCUT2D eigenvalue weighted by Gasteiger charge is -1.98. The molecule has 0 spiro atoms. The predicted molar refractivity (Wildman–Crippen MR) is 32.4 cm³/mol. The zero-order valence-corrected chi connectivity index (χ0v) is 7.19. The summed E-state index contributed by atoms with van der Waals surface area (Å²) in [7, 11) is -1.18. The molecule has 0 bridgehead atoms. The highest BCUT2D eigenvalue weighted by Crippen LogP contribution is 1.87. The van der Waals surface area contributed by atoms with Gasteiger partial charge in [0, 0.05) is 9.76 Å². The van der Waals surface area contributed by atoms with E-state index in [1.54, 1.807) is 12.2 Å². The molecule has 0 saturated heterocycles. The van der Waals surface area contributed by atoms with Gasteiger partial charge in [0.25, 0.3) is 0 Å². The van der Waals surface area contributed by atoms with Gasteiger partial charge in [-0.05, 0) is 6.55 Å². The maximum absolute atomic E-state index is 10.6. The van der Waals surface area contributed by atoms with Gasteiger partial charge in [0.2, 0.25) is 7.83 Å². The highest BCUT2D eigenvalue weighted by Gasteiger charge is 2.11. The molecule has 1 radical (unpaired) electrons. The Hall–Kier alpha value is 0.134. The van der Waals surface area contributed by atoms with Crippen molar-refractivity contribution >= 4 is 17.6 Å². The van der Waals surface area contributed by atoms with Gasteiger partial charge in [-0.3, -0.25) is 4.80 Å². The van der Waals surface area contributed by atoms with E-state index in [0.29, 0.717) is 0 Å². The van der Waals surface area contributed by atoms with E-state index >= 15 is 0 Å². The van der Waals surface area contributed by atoms with Crippen LogP contribution in [0.2, 0.25) is 6.55 Å². The fourth-order valence-corrected chi connectivity index (χ4v) is 0. The first-order chi connectivity index (χ1) is 2.56. The molecule has 3 heteroatoms. The number of hydrogen-bond donors (Lipinski definition) is 0. The third kappa shape index (κ3) is 4.13. The summed E-state index contributed by atoms with van der Waals surface area (Å²) in [4.78, 5) is 10.6. The van der Waals surface area contributed by atoms with Gasteiger partial charge in [0.15, 0.2) is 0 Å². The summed E-state index contributed by atoms with van der Waals surface area (Å²) in [6.45, 7) is 5.19. The third-order valence-electron chi connectivity index (χ3n) is 0.492.